The van der Waals surface area contributed by atoms with Crippen LogP contribution in [0.1, 0.15) is 6.92 Å². The number of hydrogen-bond donors (Lipinski definition) is 0. The standard InChI is InChI=1S/C14H13ClO4S/c1-2-18-13-8-3-4-9-14(13)19-20(16,17)12-7-5-6-11(15)10-12/h3-10H,2H2,1H3. The molecule has 6 heteroatoms. The molecule has 4 nitrogen and oxygen atoms in total. The fourth-order valence-corrected chi connectivity index (χ4v) is 2.82. The van der Waals surface area contributed by atoms with Gasteiger partial charge in [0.25, 0.3) is 0 Å². The van der Waals surface area contributed by atoms with E-state index in [-0.39, 0.29) is 10.6 Å². The van der Waals surface area contributed by atoms with Gasteiger partial charge in [-0.15, -0.1) is 0 Å². The zero-order chi connectivity index (χ0) is 14.6. The van der Waals surface area contributed by atoms with Crippen molar-refractivity contribution in [2.45, 2.75) is 11.8 Å². The third-order valence-electron chi connectivity index (χ3n) is 2.43. The quantitative estimate of drug-likeness (QED) is 0.793. The van der Waals surface area contributed by atoms with Gasteiger partial charge >= 0.3 is 10.1 Å². The van der Waals surface area contributed by atoms with Crippen LogP contribution in [0.2, 0.25) is 5.02 Å². The summed E-state index contributed by atoms with van der Waals surface area (Å²) in [5.74, 6) is 0.523. The number of rotatable bonds is 5. The first-order valence-electron chi connectivity index (χ1n) is 5.95. The Hall–Kier alpha value is -1.72. The molecule has 0 atom stereocenters. The van der Waals surface area contributed by atoms with Crippen LogP contribution < -0.4 is 8.92 Å². The maximum absolute atomic E-state index is 12.2. The second-order valence-corrected chi connectivity index (χ2v) is 5.86. The zero-order valence-corrected chi connectivity index (χ0v) is 12.3. The summed E-state index contributed by atoms with van der Waals surface area (Å²) in [6.45, 7) is 2.22. The molecule has 0 aliphatic rings. The van der Waals surface area contributed by atoms with E-state index in [0.29, 0.717) is 17.4 Å². The fourth-order valence-electron chi connectivity index (χ4n) is 1.58. The Balaban J connectivity index is 2.34. The van der Waals surface area contributed by atoms with E-state index in [1.165, 1.54) is 18.2 Å². The highest BCUT2D eigenvalue weighted by atomic mass is 35.5. The first-order valence-corrected chi connectivity index (χ1v) is 7.73. The molecule has 0 saturated carbocycles. The minimum absolute atomic E-state index is 0.00342. The van der Waals surface area contributed by atoms with Gasteiger partial charge in [-0.2, -0.15) is 8.42 Å². The van der Waals surface area contributed by atoms with Gasteiger partial charge in [0, 0.05) is 5.02 Å². The van der Waals surface area contributed by atoms with E-state index in [1.54, 1.807) is 30.3 Å². The molecular formula is C14H13ClO4S. The molecule has 0 unspecified atom stereocenters. The smallest absolute Gasteiger partial charge is 0.339 e. The summed E-state index contributed by atoms with van der Waals surface area (Å²) in [6.07, 6.45) is 0. The number of ether oxygens (including phenoxy) is 1. The average Bonchev–Trinajstić information content (AvgIpc) is 2.41. The molecular weight excluding hydrogens is 300 g/mol. The van der Waals surface area contributed by atoms with Crippen LogP contribution in [-0.4, -0.2) is 15.0 Å². The van der Waals surface area contributed by atoms with Crippen LogP contribution in [0.25, 0.3) is 0 Å². The Kier molecular flexibility index (Phi) is 4.52. The third-order valence-corrected chi connectivity index (χ3v) is 3.90. The van der Waals surface area contributed by atoms with Crippen LogP contribution in [0.15, 0.2) is 53.4 Å². The highest BCUT2D eigenvalue weighted by Gasteiger charge is 2.19. The number of benzene rings is 2. The molecule has 0 fully saturated rings. The van der Waals surface area contributed by atoms with Crippen molar-refractivity contribution in [2.75, 3.05) is 6.61 Å². The molecule has 20 heavy (non-hydrogen) atoms. The second kappa shape index (κ2) is 6.15. The molecule has 0 amide bonds. The summed E-state index contributed by atoms with van der Waals surface area (Å²) in [4.78, 5) is -0.00342. The summed E-state index contributed by atoms with van der Waals surface area (Å²) in [5.41, 5.74) is 0. The lowest BCUT2D eigenvalue weighted by Crippen LogP contribution is -2.10. The van der Waals surface area contributed by atoms with Crippen molar-refractivity contribution in [3.05, 3.63) is 53.6 Å². The van der Waals surface area contributed by atoms with Gasteiger partial charge < -0.3 is 8.92 Å². The predicted molar refractivity (Wildman–Crippen MR) is 76.9 cm³/mol. The maximum Gasteiger partial charge on any atom is 0.339 e. The summed E-state index contributed by atoms with van der Waals surface area (Å²) in [6, 6.07) is 12.5. The molecule has 0 bridgehead atoms. The Bertz CT molecular complexity index is 698. The number of hydrogen-bond acceptors (Lipinski definition) is 4. The molecule has 0 spiro atoms. The minimum atomic E-state index is -3.94. The van der Waals surface area contributed by atoms with Crippen LogP contribution in [0.5, 0.6) is 11.5 Å². The van der Waals surface area contributed by atoms with Gasteiger partial charge in [-0.3, -0.25) is 0 Å². The van der Waals surface area contributed by atoms with E-state index in [9.17, 15) is 8.42 Å². The van der Waals surface area contributed by atoms with Crippen molar-refractivity contribution in [3.63, 3.8) is 0 Å². The van der Waals surface area contributed by atoms with E-state index in [1.807, 2.05) is 6.92 Å². The Morgan fingerprint density at radius 3 is 2.40 bits per heavy atom. The number of halogens is 1. The van der Waals surface area contributed by atoms with Crippen molar-refractivity contribution in [3.8, 4) is 11.5 Å². The van der Waals surface area contributed by atoms with E-state index in [0.717, 1.165) is 0 Å². The monoisotopic (exact) mass is 312 g/mol. The molecule has 0 aromatic heterocycles. The predicted octanol–water partition coefficient (Wildman–Crippen LogP) is 3.51. The van der Waals surface area contributed by atoms with E-state index >= 15 is 0 Å². The van der Waals surface area contributed by atoms with Gasteiger partial charge in [-0.1, -0.05) is 29.8 Å². The highest BCUT2D eigenvalue weighted by molar-refractivity contribution is 7.87. The SMILES string of the molecule is CCOc1ccccc1OS(=O)(=O)c1cccc(Cl)c1. The van der Waals surface area contributed by atoms with Gasteiger partial charge in [0.15, 0.2) is 11.5 Å². The summed E-state index contributed by atoms with van der Waals surface area (Å²) in [7, 11) is -3.94. The molecule has 0 N–H and O–H groups in total. The van der Waals surface area contributed by atoms with Gasteiger partial charge in [-0.05, 0) is 37.3 Å². The molecule has 0 aliphatic heterocycles. The molecule has 2 aromatic rings. The average molecular weight is 313 g/mol. The number of para-hydroxylation sites is 2. The van der Waals surface area contributed by atoms with Crippen molar-refractivity contribution in [2.24, 2.45) is 0 Å². The van der Waals surface area contributed by atoms with E-state index in [2.05, 4.69) is 0 Å². The Morgan fingerprint density at radius 1 is 1.05 bits per heavy atom. The first kappa shape index (κ1) is 14.7. The molecule has 0 saturated heterocycles. The van der Waals surface area contributed by atoms with Crippen LogP contribution in [0, 0.1) is 0 Å². The molecule has 106 valence electrons. The van der Waals surface area contributed by atoms with Gasteiger partial charge in [0.1, 0.15) is 4.90 Å². The van der Waals surface area contributed by atoms with Gasteiger partial charge in [0.05, 0.1) is 6.61 Å². The van der Waals surface area contributed by atoms with Crippen molar-refractivity contribution < 1.29 is 17.3 Å². The van der Waals surface area contributed by atoms with Crippen LogP contribution >= 0.6 is 11.6 Å². The summed E-state index contributed by atoms with van der Waals surface area (Å²) < 4.78 is 34.8. The molecule has 0 aliphatic carbocycles. The lowest BCUT2D eigenvalue weighted by molar-refractivity contribution is 0.327. The van der Waals surface area contributed by atoms with Gasteiger partial charge in [0.2, 0.25) is 0 Å². The van der Waals surface area contributed by atoms with Crippen molar-refractivity contribution in [1.82, 2.24) is 0 Å². The molecule has 2 aromatic carbocycles. The maximum atomic E-state index is 12.2. The molecule has 2 rings (SSSR count). The molecule has 0 heterocycles. The first-order chi connectivity index (χ1) is 9.53. The van der Waals surface area contributed by atoms with Crippen molar-refractivity contribution in [1.29, 1.82) is 0 Å². The highest BCUT2D eigenvalue weighted by Crippen LogP contribution is 2.29. The largest absolute Gasteiger partial charge is 0.490 e. The summed E-state index contributed by atoms with van der Waals surface area (Å²) in [5, 5.41) is 0.327. The lowest BCUT2D eigenvalue weighted by atomic mass is 10.3. The van der Waals surface area contributed by atoms with E-state index in [4.69, 9.17) is 20.5 Å². The normalized spacial score (nSPS) is 11.1. The topological polar surface area (TPSA) is 52.6 Å². The zero-order valence-electron chi connectivity index (χ0n) is 10.7. The van der Waals surface area contributed by atoms with Gasteiger partial charge in [-0.25, -0.2) is 0 Å². The Morgan fingerprint density at radius 2 is 1.75 bits per heavy atom. The molecule has 0 radical (unpaired) electrons. The van der Waals surface area contributed by atoms with Crippen LogP contribution in [0.4, 0.5) is 0 Å². The van der Waals surface area contributed by atoms with Crippen molar-refractivity contribution >= 4 is 21.7 Å². The fraction of sp³-hybridized carbons (Fsp3) is 0.143. The second-order valence-electron chi connectivity index (χ2n) is 3.87. The summed E-state index contributed by atoms with van der Waals surface area (Å²) >= 11 is 5.79. The lowest BCUT2D eigenvalue weighted by Gasteiger charge is -2.11. The van der Waals surface area contributed by atoms with Crippen LogP contribution in [0.3, 0.4) is 0 Å². The third kappa shape index (κ3) is 3.43. The minimum Gasteiger partial charge on any atom is -0.490 e. The Labute approximate surface area is 123 Å². The van der Waals surface area contributed by atoms with Crippen LogP contribution in [-0.2, 0) is 10.1 Å². The van der Waals surface area contributed by atoms with E-state index < -0.39 is 10.1 Å².